The van der Waals surface area contributed by atoms with Crippen molar-refractivity contribution in [2.24, 2.45) is 0 Å². The summed E-state index contributed by atoms with van der Waals surface area (Å²) in [5.41, 5.74) is 2.41. The Bertz CT molecular complexity index is 482. The van der Waals surface area contributed by atoms with Crippen LogP contribution in [0.1, 0.15) is 12.5 Å². The average molecular weight is 204 g/mol. The fourth-order valence-electron chi connectivity index (χ4n) is 1.51. The summed E-state index contributed by atoms with van der Waals surface area (Å²) < 4.78 is 1.92. The minimum Gasteiger partial charge on any atom is -0.293 e. The molecule has 2 nitrogen and oxygen atoms in total. The van der Waals surface area contributed by atoms with Gasteiger partial charge < -0.3 is 0 Å². The number of nitrogens with one attached hydrogen (secondary N) is 1. The highest BCUT2D eigenvalue weighted by Gasteiger charge is 2.02. The van der Waals surface area contributed by atoms with Crippen molar-refractivity contribution in [2.45, 2.75) is 13.3 Å². The first-order valence-electron chi connectivity index (χ1n) is 4.62. The van der Waals surface area contributed by atoms with Gasteiger partial charge in [-0.05, 0) is 18.1 Å². The number of hydrogen-bond donors (Lipinski definition) is 1. The van der Waals surface area contributed by atoms with Crippen molar-refractivity contribution in [3.8, 4) is 5.69 Å². The van der Waals surface area contributed by atoms with Crippen molar-refractivity contribution in [3.63, 3.8) is 0 Å². The lowest BCUT2D eigenvalue weighted by atomic mass is 10.1. The lowest BCUT2D eigenvalue weighted by Gasteiger charge is -2.07. The van der Waals surface area contributed by atoms with E-state index in [1.165, 1.54) is 16.9 Å². The standard InChI is InChI=1S/C11H12N2S/c1-2-9-5-3-4-6-10(9)13-7-8-14-11(13)12/h3-8,12H,2H2,1H3. The van der Waals surface area contributed by atoms with E-state index in [1.54, 1.807) is 0 Å². The van der Waals surface area contributed by atoms with Gasteiger partial charge in [-0.3, -0.25) is 9.98 Å². The van der Waals surface area contributed by atoms with Gasteiger partial charge in [-0.1, -0.05) is 25.1 Å². The topological polar surface area (TPSA) is 28.8 Å². The second-order valence-corrected chi connectivity index (χ2v) is 3.95. The number of para-hydroxylation sites is 1. The maximum Gasteiger partial charge on any atom is 0.186 e. The summed E-state index contributed by atoms with van der Waals surface area (Å²) >= 11 is 1.45. The summed E-state index contributed by atoms with van der Waals surface area (Å²) in [5, 5.41) is 9.68. The second-order valence-electron chi connectivity index (χ2n) is 3.06. The minimum atomic E-state index is 0.575. The predicted molar refractivity (Wildman–Crippen MR) is 58.9 cm³/mol. The molecule has 14 heavy (non-hydrogen) atoms. The Morgan fingerprint density at radius 3 is 2.79 bits per heavy atom. The van der Waals surface area contributed by atoms with Gasteiger partial charge in [0.25, 0.3) is 0 Å². The molecular formula is C11H12N2S. The molecule has 3 heteroatoms. The van der Waals surface area contributed by atoms with Crippen molar-refractivity contribution in [1.82, 2.24) is 4.57 Å². The van der Waals surface area contributed by atoms with E-state index in [2.05, 4.69) is 19.1 Å². The van der Waals surface area contributed by atoms with Crippen LogP contribution in [0.3, 0.4) is 0 Å². The maximum absolute atomic E-state index is 7.74. The molecule has 0 spiro atoms. The summed E-state index contributed by atoms with van der Waals surface area (Å²) in [4.78, 5) is 0.575. The molecule has 0 atom stereocenters. The van der Waals surface area contributed by atoms with Crippen molar-refractivity contribution in [2.75, 3.05) is 0 Å². The van der Waals surface area contributed by atoms with E-state index in [0.29, 0.717) is 4.80 Å². The van der Waals surface area contributed by atoms with Gasteiger partial charge in [-0.15, -0.1) is 11.3 Å². The van der Waals surface area contributed by atoms with Crippen LogP contribution in [-0.2, 0) is 6.42 Å². The lowest BCUT2D eigenvalue weighted by molar-refractivity contribution is 0.949. The van der Waals surface area contributed by atoms with Crippen LogP contribution in [0.5, 0.6) is 0 Å². The molecule has 0 radical (unpaired) electrons. The van der Waals surface area contributed by atoms with Gasteiger partial charge in [0.15, 0.2) is 4.80 Å². The Balaban J connectivity index is 2.62. The molecule has 0 amide bonds. The number of rotatable bonds is 2. The molecule has 1 heterocycles. The minimum absolute atomic E-state index is 0.575. The summed E-state index contributed by atoms with van der Waals surface area (Å²) in [6.45, 7) is 2.13. The zero-order chi connectivity index (χ0) is 9.97. The Hall–Kier alpha value is -1.35. The van der Waals surface area contributed by atoms with E-state index in [4.69, 9.17) is 5.41 Å². The van der Waals surface area contributed by atoms with Gasteiger partial charge in [-0.25, -0.2) is 0 Å². The Kier molecular flexibility index (Phi) is 2.50. The van der Waals surface area contributed by atoms with Crippen molar-refractivity contribution >= 4 is 11.3 Å². The van der Waals surface area contributed by atoms with Crippen molar-refractivity contribution in [1.29, 1.82) is 5.41 Å². The zero-order valence-corrected chi connectivity index (χ0v) is 8.84. The number of aromatic nitrogens is 1. The van der Waals surface area contributed by atoms with Gasteiger partial charge in [0.2, 0.25) is 0 Å². The number of thiazole rings is 1. The monoisotopic (exact) mass is 204 g/mol. The molecule has 0 unspecified atom stereocenters. The van der Waals surface area contributed by atoms with Crippen molar-refractivity contribution in [3.05, 3.63) is 46.2 Å². The van der Waals surface area contributed by atoms with E-state index in [0.717, 1.165) is 12.1 Å². The smallest absolute Gasteiger partial charge is 0.186 e. The third-order valence-corrected chi connectivity index (χ3v) is 2.92. The summed E-state index contributed by atoms with van der Waals surface area (Å²) in [7, 11) is 0. The fraction of sp³-hybridized carbons (Fsp3) is 0.182. The van der Waals surface area contributed by atoms with E-state index in [9.17, 15) is 0 Å². The van der Waals surface area contributed by atoms with E-state index in [1.807, 2.05) is 28.3 Å². The highest BCUT2D eigenvalue weighted by atomic mass is 32.1. The average Bonchev–Trinajstić information content (AvgIpc) is 2.64. The van der Waals surface area contributed by atoms with Crippen molar-refractivity contribution < 1.29 is 0 Å². The molecule has 0 aliphatic carbocycles. The third kappa shape index (κ3) is 1.51. The van der Waals surface area contributed by atoms with Crippen LogP contribution in [0.2, 0.25) is 0 Å². The molecule has 0 bridgehead atoms. The number of aryl methyl sites for hydroxylation is 1. The Labute approximate surface area is 87.0 Å². The first-order valence-corrected chi connectivity index (χ1v) is 5.50. The first-order chi connectivity index (χ1) is 6.83. The van der Waals surface area contributed by atoms with Gasteiger partial charge >= 0.3 is 0 Å². The molecule has 1 aromatic carbocycles. The quantitative estimate of drug-likeness (QED) is 0.779. The van der Waals surface area contributed by atoms with Crippen LogP contribution in [-0.4, -0.2) is 4.57 Å². The third-order valence-electron chi connectivity index (χ3n) is 2.24. The molecule has 1 N–H and O–H groups in total. The first kappa shape index (κ1) is 9.21. The highest BCUT2D eigenvalue weighted by Crippen LogP contribution is 2.13. The van der Waals surface area contributed by atoms with Gasteiger partial charge in [0, 0.05) is 11.6 Å². The fourth-order valence-corrected chi connectivity index (χ4v) is 2.10. The molecular weight excluding hydrogens is 192 g/mol. The largest absolute Gasteiger partial charge is 0.293 e. The van der Waals surface area contributed by atoms with Gasteiger partial charge in [0.05, 0.1) is 5.69 Å². The second kappa shape index (κ2) is 3.80. The lowest BCUT2D eigenvalue weighted by Crippen LogP contribution is -2.11. The zero-order valence-electron chi connectivity index (χ0n) is 8.03. The normalized spacial score (nSPS) is 10.4. The van der Waals surface area contributed by atoms with Crippen LogP contribution in [0, 0.1) is 5.41 Å². The molecule has 2 rings (SSSR count). The van der Waals surface area contributed by atoms with Gasteiger partial charge in [-0.2, -0.15) is 0 Å². The Morgan fingerprint density at radius 1 is 1.36 bits per heavy atom. The van der Waals surface area contributed by atoms with E-state index in [-0.39, 0.29) is 0 Å². The van der Waals surface area contributed by atoms with Gasteiger partial charge in [0.1, 0.15) is 0 Å². The van der Waals surface area contributed by atoms with Crippen LogP contribution in [0.4, 0.5) is 0 Å². The molecule has 72 valence electrons. The van der Waals surface area contributed by atoms with Crippen LogP contribution in [0.25, 0.3) is 5.69 Å². The molecule has 2 aromatic rings. The van der Waals surface area contributed by atoms with Crippen LogP contribution < -0.4 is 4.80 Å². The SMILES string of the molecule is CCc1ccccc1-n1ccsc1=N. The molecule has 1 aromatic heterocycles. The number of hydrogen-bond acceptors (Lipinski definition) is 2. The molecule has 0 aliphatic rings. The summed E-state index contributed by atoms with van der Waals surface area (Å²) in [6.07, 6.45) is 2.94. The number of nitrogens with zero attached hydrogens (tertiary/aromatic N) is 1. The Morgan fingerprint density at radius 2 is 2.14 bits per heavy atom. The van der Waals surface area contributed by atoms with Crippen LogP contribution >= 0.6 is 11.3 Å². The van der Waals surface area contributed by atoms with E-state index >= 15 is 0 Å². The van der Waals surface area contributed by atoms with E-state index < -0.39 is 0 Å². The number of benzene rings is 1. The molecule has 0 aliphatic heterocycles. The summed E-state index contributed by atoms with van der Waals surface area (Å²) in [5.74, 6) is 0. The predicted octanol–water partition coefficient (Wildman–Crippen LogP) is 2.58. The maximum atomic E-state index is 7.74. The van der Waals surface area contributed by atoms with Crippen LogP contribution in [0.15, 0.2) is 35.8 Å². The highest BCUT2D eigenvalue weighted by molar-refractivity contribution is 7.07. The molecule has 0 saturated heterocycles. The molecule has 0 fully saturated rings. The molecule has 0 saturated carbocycles. The summed E-state index contributed by atoms with van der Waals surface area (Å²) in [6, 6.07) is 8.22.